The number of carbonyl (C=O) groups is 1. The van der Waals surface area contributed by atoms with E-state index in [0.717, 1.165) is 5.56 Å². The first kappa shape index (κ1) is 20.1. The summed E-state index contributed by atoms with van der Waals surface area (Å²) < 4.78 is 5.21. The van der Waals surface area contributed by atoms with Gasteiger partial charge < -0.3 is 15.6 Å². The molecule has 2 aromatic rings. The molecule has 0 bridgehead atoms. The standard InChI is InChI=1S/C17H24N4O2.ClH/c1-11(2)13-4-6-14(7-5-13)17-20-16(23-21-17)9-8-15(22)19-12(3)10-18;/h4-7,11-12H,8-10,18H2,1-3H3,(H,19,22);1H/t12-;/m0./s1. The Morgan fingerprint density at radius 3 is 2.50 bits per heavy atom. The van der Waals surface area contributed by atoms with Gasteiger partial charge in [0.05, 0.1) is 0 Å². The van der Waals surface area contributed by atoms with Gasteiger partial charge in [-0.05, 0) is 18.4 Å². The van der Waals surface area contributed by atoms with Gasteiger partial charge in [-0.2, -0.15) is 4.98 Å². The number of hydrogen-bond donors (Lipinski definition) is 2. The van der Waals surface area contributed by atoms with Crippen molar-refractivity contribution in [3.05, 3.63) is 35.7 Å². The Morgan fingerprint density at radius 2 is 1.92 bits per heavy atom. The van der Waals surface area contributed by atoms with E-state index in [4.69, 9.17) is 10.3 Å². The molecule has 3 N–H and O–H groups in total. The maximum Gasteiger partial charge on any atom is 0.227 e. The minimum Gasteiger partial charge on any atom is -0.352 e. The first-order valence-electron chi connectivity index (χ1n) is 7.92. The molecule has 0 aliphatic rings. The van der Waals surface area contributed by atoms with Crippen LogP contribution in [0.5, 0.6) is 0 Å². The first-order valence-corrected chi connectivity index (χ1v) is 7.92. The molecule has 0 fully saturated rings. The fourth-order valence-electron chi connectivity index (χ4n) is 2.12. The lowest BCUT2D eigenvalue weighted by Crippen LogP contribution is -2.37. The molecule has 1 heterocycles. The van der Waals surface area contributed by atoms with E-state index in [-0.39, 0.29) is 24.4 Å². The molecule has 0 spiro atoms. The number of rotatable bonds is 7. The molecule has 1 aromatic carbocycles. The fraction of sp³-hybridized carbons (Fsp3) is 0.471. The zero-order valence-corrected chi connectivity index (χ0v) is 15.1. The Hall–Kier alpha value is -1.92. The third kappa shape index (κ3) is 5.62. The van der Waals surface area contributed by atoms with Crippen LogP contribution in [0.15, 0.2) is 28.8 Å². The molecule has 1 amide bonds. The molecule has 6 nitrogen and oxygen atoms in total. The van der Waals surface area contributed by atoms with E-state index in [9.17, 15) is 4.79 Å². The number of hydrogen-bond acceptors (Lipinski definition) is 5. The third-order valence-corrected chi connectivity index (χ3v) is 3.63. The summed E-state index contributed by atoms with van der Waals surface area (Å²) in [6, 6.07) is 8.08. The summed E-state index contributed by atoms with van der Waals surface area (Å²) >= 11 is 0. The summed E-state index contributed by atoms with van der Waals surface area (Å²) in [7, 11) is 0. The zero-order valence-electron chi connectivity index (χ0n) is 14.3. The Balaban J connectivity index is 0.00000288. The molecular formula is C17H25ClN4O2. The van der Waals surface area contributed by atoms with Gasteiger partial charge in [-0.3, -0.25) is 4.79 Å². The summed E-state index contributed by atoms with van der Waals surface area (Å²) in [5, 5.41) is 6.78. The van der Waals surface area contributed by atoms with Crippen LogP contribution >= 0.6 is 12.4 Å². The summed E-state index contributed by atoms with van der Waals surface area (Å²) in [4.78, 5) is 16.1. The van der Waals surface area contributed by atoms with Crippen molar-refractivity contribution in [2.24, 2.45) is 5.73 Å². The summed E-state index contributed by atoms with van der Waals surface area (Å²) in [6.45, 7) is 6.59. The molecule has 1 aromatic heterocycles. The van der Waals surface area contributed by atoms with Gasteiger partial charge >= 0.3 is 0 Å². The van der Waals surface area contributed by atoms with Crippen molar-refractivity contribution in [1.29, 1.82) is 0 Å². The Kier molecular flexibility index (Phi) is 7.88. The largest absolute Gasteiger partial charge is 0.352 e. The molecular weight excluding hydrogens is 328 g/mol. The van der Waals surface area contributed by atoms with Gasteiger partial charge in [-0.1, -0.05) is 43.3 Å². The number of aromatic nitrogens is 2. The number of amides is 1. The highest BCUT2D eigenvalue weighted by molar-refractivity contribution is 5.85. The maximum atomic E-state index is 11.7. The molecule has 7 heteroatoms. The summed E-state index contributed by atoms with van der Waals surface area (Å²) in [6.07, 6.45) is 0.721. The van der Waals surface area contributed by atoms with Crippen LogP contribution in [0.25, 0.3) is 11.4 Å². The predicted molar refractivity (Wildman–Crippen MR) is 96.1 cm³/mol. The van der Waals surface area contributed by atoms with Gasteiger partial charge in [0.15, 0.2) is 0 Å². The van der Waals surface area contributed by atoms with E-state index in [1.165, 1.54) is 5.56 Å². The fourth-order valence-corrected chi connectivity index (χ4v) is 2.12. The molecule has 0 aliphatic carbocycles. The van der Waals surface area contributed by atoms with Crippen LogP contribution in [-0.2, 0) is 11.2 Å². The van der Waals surface area contributed by atoms with E-state index >= 15 is 0 Å². The Morgan fingerprint density at radius 1 is 1.25 bits per heavy atom. The average Bonchev–Trinajstić information content (AvgIpc) is 3.02. The third-order valence-electron chi connectivity index (χ3n) is 3.63. The lowest BCUT2D eigenvalue weighted by Gasteiger charge is -2.09. The Bertz CT molecular complexity index is 640. The molecule has 0 aliphatic heterocycles. The molecule has 1 atom stereocenters. The van der Waals surface area contributed by atoms with Crippen LogP contribution in [0.4, 0.5) is 0 Å². The van der Waals surface area contributed by atoms with E-state index < -0.39 is 0 Å². The molecule has 2 rings (SSSR count). The topological polar surface area (TPSA) is 94.0 Å². The molecule has 0 unspecified atom stereocenters. The number of carbonyl (C=O) groups excluding carboxylic acids is 1. The normalized spacial score (nSPS) is 11.9. The van der Waals surface area contributed by atoms with Crippen molar-refractivity contribution in [2.75, 3.05) is 6.54 Å². The van der Waals surface area contributed by atoms with Crippen LogP contribution in [0.3, 0.4) is 0 Å². The van der Waals surface area contributed by atoms with Crippen LogP contribution in [-0.4, -0.2) is 28.6 Å². The second-order valence-electron chi connectivity index (χ2n) is 5.99. The van der Waals surface area contributed by atoms with E-state index in [1.54, 1.807) is 0 Å². The molecule has 0 saturated carbocycles. The van der Waals surface area contributed by atoms with Crippen molar-refractivity contribution < 1.29 is 9.32 Å². The minimum absolute atomic E-state index is 0. The van der Waals surface area contributed by atoms with Gasteiger partial charge in [0.1, 0.15) is 0 Å². The minimum atomic E-state index is -0.0658. The van der Waals surface area contributed by atoms with Gasteiger partial charge in [-0.25, -0.2) is 0 Å². The second kappa shape index (κ2) is 9.39. The highest BCUT2D eigenvalue weighted by Crippen LogP contribution is 2.20. The predicted octanol–water partition coefficient (Wildman–Crippen LogP) is 2.68. The second-order valence-corrected chi connectivity index (χ2v) is 5.99. The number of halogens is 1. The number of benzene rings is 1. The summed E-state index contributed by atoms with van der Waals surface area (Å²) in [5.41, 5.74) is 7.64. The number of nitrogens with zero attached hydrogens (tertiary/aromatic N) is 2. The van der Waals surface area contributed by atoms with Crippen molar-refractivity contribution in [3.8, 4) is 11.4 Å². The van der Waals surface area contributed by atoms with Crippen LogP contribution in [0.1, 0.15) is 44.6 Å². The van der Waals surface area contributed by atoms with Crippen molar-refractivity contribution in [2.45, 2.75) is 45.6 Å². The monoisotopic (exact) mass is 352 g/mol. The lowest BCUT2D eigenvalue weighted by atomic mass is 10.0. The van der Waals surface area contributed by atoms with Crippen LogP contribution < -0.4 is 11.1 Å². The molecule has 0 radical (unpaired) electrons. The highest BCUT2D eigenvalue weighted by Gasteiger charge is 2.12. The smallest absolute Gasteiger partial charge is 0.227 e. The SMILES string of the molecule is CC(C)c1ccc(-c2noc(CCC(=O)N[C@@H](C)CN)n2)cc1.Cl. The van der Waals surface area contributed by atoms with Crippen LogP contribution in [0.2, 0.25) is 0 Å². The first-order chi connectivity index (χ1) is 11.0. The van der Waals surface area contributed by atoms with Gasteiger partial charge in [0, 0.05) is 31.0 Å². The quantitative estimate of drug-likeness (QED) is 0.798. The van der Waals surface area contributed by atoms with Crippen molar-refractivity contribution >= 4 is 18.3 Å². The molecule has 24 heavy (non-hydrogen) atoms. The lowest BCUT2D eigenvalue weighted by molar-refractivity contribution is -0.121. The summed E-state index contributed by atoms with van der Waals surface area (Å²) in [5.74, 6) is 1.43. The highest BCUT2D eigenvalue weighted by atomic mass is 35.5. The van der Waals surface area contributed by atoms with E-state index in [0.29, 0.717) is 37.0 Å². The zero-order chi connectivity index (χ0) is 16.8. The average molecular weight is 353 g/mol. The van der Waals surface area contributed by atoms with Gasteiger partial charge in [0.25, 0.3) is 0 Å². The van der Waals surface area contributed by atoms with Gasteiger partial charge in [0.2, 0.25) is 17.6 Å². The maximum absolute atomic E-state index is 11.7. The van der Waals surface area contributed by atoms with E-state index in [1.807, 2.05) is 19.1 Å². The van der Waals surface area contributed by atoms with Crippen molar-refractivity contribution in [3.63, 3.8) is 0 Å². The molecule has 132 valence electrons. The number of aryl methyl sites for hydroxylation is 1. The van der Waals surface area contributed by atoms with Gasteiger partial charge in [-0.15, -0.1) is 12.4 Å². The Labute approximate surface area is 148 Å². The van der Waals surface area contributed by atoms with E-state index in [2.05, 4.69) is 41.4 Å². The number of nitrogens with two attached hydrogens (primary N) is 1. The molecule has 0 saturated heterocycles. The van der Waals surface area contributed by atoms with Crippen molar-refractivity contribution in [1.82, 2.24) is 15.5 Å². The number of nitrogens with one attached hydrogen (secondary N) is 1. The van der Waals surface area contributed by atoms with Crippen LogP contribution in [0, 0.1) is 0 Å².